The normalized spacial score (nSPS) is 22.0. The highest BCUT2D eigenvalue weighted by Gasteiger charge is 2.41. The summed E-state index contributed by atoms with van der Waals surface area (Å²) in [4.78, 5) is 27.9. The van der Waals surface area contributed by atoms with Gasteiger partial charge in [0.05, 0.1) is 12.0 Å². The molecule has 2 atom stereocenters. The number of carbonyl (C=O) groups is 2. The number of hydrogen-bond acceptors (Lipinski definition) is 4. The summed E-state index contributed by atoms with van der Waals surface area (Å²) in [5.41, 5.74) is 2.45. The molecule has 32 heavy (non-hydrogen) atoms. The molecule has 0 spiro atoms. The number of halogens is 1. The molecule has 2 heterocycles. The van der Waals surface area contributed by atoms with Crippen molar-refractivity contribution in [3.63, 3.8) is 0 Å². The first-order valence-electron chi connectivity index (χ1n) is 11.2. The third-order valence-corrected chi connectivity index (χ3v) is 6.63. The molecule has 1 saturated heterocycles. The lowest BCUT2D eigenvalue weighted by molar-refractivity contribution is -0.140. The molecule has 2 aromatic rings. The van der Waals surface area contributed by atoms with Crippen LogP contribution in [0.5, 0.6) is 11.5 Å². The van der Waals surface area contributed by atoms with E-state index >= 15 is 0 Å². The zero-order valence-electron chi connectivity index (χ0n) is 18.1. The highest BCUT2D eigenvalue weighted by atomic mass is 19.1. The van der Waals surface area contributed by atoms with E-state index in [1.54, 1.807) is 13.0 Å². The van der Waals surface area contributed by atoms with E-state index in [1.807, 2.05) is 29.2 Å². The molecule has 5 rings (SSSR count). The smallest absolute Gasteiger partial charge is 0.231 e. The van der Waals surface area contributed by atoms with E-state index in [0.29, 0.717) is 43.0 Å². The van der Waals surface area contributed by atoms with Gasteiger partial charge in [0, 0.05) is 19.0 Å². The molecule has 1 aliphatic carbocycles. The van der Waals surface area contributed by atoms with Crippen LogP contribution < -0.4 is 14.8 Å². The van der Waals surface area contributed by atoms with Crippen LogP contribution in [-0.4, -0.2) is 30.1 Å². The van der Waals surface area contributed by atoms with Crippen molar-refractivity contribution in [2.45, 2.75) is 45.2 Å². The van der Waals surface area contributed by atoms with Gasteiger partial charge in [-0.1, -0.05) is 18.2 Å². The van der Waals surface area contributed by atoms with Gasteiger partial charge in [-0.15, -0.1) is 0 Å². The van der Waals surface area contributed by atoms with Gasteiger partial charge in [-0.2, -0.15) is 0 Å². The molecule has 2 aliphatic heterocycles. The Morgan fingerprint density at radius 3 is 2.59 bits per heavy atom. The minimum absolute atomic E-state index is 0.0509. The second kappa shape index (κ2) is 8.45. The van der Waals surface area contributed by atoms with Crippen LogP contribution in [0, 0.1) is 24.6 Å². The Hall–Kier alpha value is -3.09. The van der Waals surface area contributed by atoms with E-state index in [-0.39, 0.29) is 42.3 Å². The van der Waals surface area contributed by atoms with Crippen molar-refractivity contribution in [1.82, 2.24) is 10.2 Å². The Morgan fingerprint density at radius 1 is 1.03 bits per heavy atom. The molecule has 0 radical (unpaired) electrons. The van der Waals surface area contributed by atoms with E-state index in [4.69, 9.17) is 9.47 Å². The van der Waals surface area contributed by atoms with Crippen LogP contribution in [0.4, 0.5) is 4.39 Å². The van der Waals surface area contributed by atoms with Gasteiger partial charge in [-0.3, -0.25) is 9.59 Å². The van der Waals surface area contributed by atoms with Crippen LogP contribution in [0.1, 0.15) is 48.4 Å². The lowest BCUT2D eigenvalue weighted by atomic mass is 9.87. The van der Waals surface area contributed by atoms with Crippen LogP contribution in [0.15, 0.2) is 36.4 Å². The molecule has 0 unspecified atom stereocenters. The summed E-state index contributed by atoms with van der Waals surface area (Å²) in [6, 6.07) is 10.6. The first kappa shape index (κ1) is 20.8. The van der Waals surface area contributed by atoms with Gasteiger partial charge >= 0.3 is 0 Å². The van der Waals surface area contributed by atoms with Crippen molar-refractivity contribution < 1.29 is 23.5 Å². The molecule has 2 aromatic carbocycles. The van der Waals surface area contributed by atoms with E-state index < -0.39 is 0 Å². The van der Waals surface area contributed by atoms with Crippen molar-refractivity contribution in [1.29, 1.82) is 0 Å². The number of amides is 2. The number of ether oxygens (including phenoxy) is 2. The minimum Gasteiger partial charge on any atom is -0.454 e. The number of likely N-dealkylation sites (tertiary alicyclic amines) is 1. The SMILES string of the molecule is Cc1cc([C@H]2CC[C@@H](C(=O)NCc3ccc4c(c3)OCO4)CN2C(=O)C2CC2)ccc1F. The summed E-state index contributed by atoms with van der Waals surface area (Å²) >= 11 is 0. The van der Waals surface area contributed by atoms with Crippen molar-refractivity contribution in [3.8, 4) is 11.5 Å². The Morgan fingerprint density at radius 2 is 1.81 bits per heavy atom. The number of fused-ring (bicyclic) bond motifs is 1. The van der Waals surface area contributed by atoms with Gasteiger partial charge in [0.25, 0.3) is 0 Å². The Labute approximate surface area is 186 Å². The zero-order chi connectivity index (χ0) is 22.2. The molecule has 2 fully saturated rings. The summed E-state index contributed by atoms with van der Waals surface area (Å²) in [6.45, 7) is 2.74. The first-order valence-corrected chi connectivity index (χ1v) is 11.2. The topological polar surface area (TPSA) is 67.9 Å². The van der Waals surface area contributed by atoms with E-state index in [9.17, 15) is 14.0 Å². The van der Waals surface area contributed by atoms with Gasteiger partial charge in [-0.05, 0) is 67.5 Å². The summed E-state index contributed by atoms with van der Waals surface area (Å²) in [7, 11) is 0. The number of hydrogen-bond donors (Lipinski definition) is 1. The van der Waals surface area contributed by atoms with Crippen molar-refractivity contribution >= 4 is 11.8 Å². The van der Waals surface area contributed by atoms with Crippen LogP contribution in [-0.2, 0) is 16.1 Å². The molecule has 0 aromatic heterocycles. The predicted octanol–water partition coefficient (Wildman–Crippen LogP) is 3.87. The summed E-state index contributed by atoms with van der Waals surface area (Å²) in [5, 5.41) is 3.01. The van der Waals surface area contributed by atoms with Gasteiger partial charge in [0.15, 0.2) is 11.5 Å². The molecule has 1 N–H and O–H groups in total. The highest BCUT2D eigenvalue weighted by molar-refractivity contribution is 5.84. The van der Waals surface area contributed by atoms with E-state index in [0.717, 1.165) is 24.0 Å². The van der Waals surface area contributed by atoms with Crippen molar-refractivity contribution in [2.75, 3.05) is 13.3 Å². The van der Waals surface area contributed by atoms with Crippen LogP contribution >= 0.6 is 0 Å². The molecule has 1 saturated carbocycles. The Kier molecular flexibility index (Phi) is 5.49. The summed E-state index contributed by atoms with van der Waals surface area (Å²) < 4.78 is 24.5. The van der Waals surface area contributed by atoms with Crippen LogP contribution in [0.25, 0.3) is 0 Å². The maximum atomic E-state index is 13.8. The number of nitrogens with zero attached hydrogens (tertiary/aromatic N) is 1. The minimum atomic E-state index is -0.260. The maximum Gasteiger partial charge on any atom is 0.231 e. The molecule has 6 nitrogen and oxygen atoms in total. The quantitative estimate of drug-likeness (QED) is 0.770. The maximum absolute atomic E-state index is 13.8. The molecule has 7 heteroatoms. The fourth-order valence-electron chi connectivity index (χ4n) is 4.60. The monoisotopic (exact) mass is 438 g/mol. The van der Waals surface area contributed by atoms with Gasteiger partial charge in [-0.25, -0.2) is 4.39 Å². The lowest BCUT2D eigenvalue weighted by Crippen LogP contribution is -2.47. The number of rotatable bonds is 5. The molecular formula is C25H27FN2O4. The largest absolute Gasteiger partial charge is 0.454 e. The summed E-state index contributed by atoms with van der Waals surface area (Å²) in [5.74, 6) is 1.02. The van der Waals surface area contributed by atoms with Crippen molar-refractivity contribution in [2.24, 2.45) is 11.8 Å². The van der Waals surface area contributed by atoms with E-state index in [1.165, 1.54) is 6.07 Å². The molecule has 3 aliphatic rings. The predicted molar refractivity (Wildman–Crippen MR) is 115 cm³/mol. The Balaban J connectivity index is 1.27. The molecule has 2 amide bonds. The molecular weight excluding hydrogens is 411 g/mol. The first-order chi connectivity index (χ1) is 15.5. The van der Waals surface area contributed by atoms with Gasteiger partial charge in [0.2, 0.25) is 18.6 Å². The third-order valence-electron chi connectivity index (χ3n) is 6.63. The number of carbonyl (C=O) groups excluding carboxylic acids is 2. The van der Waals surface area contributed by atoms with E-state index in [2.05, 4.69) is 5.32 Å². The number of benzene rings is 2. The fourth-order valence-corrected chi connectivity index (χ4v) is 4.60. The second-order valence-electron chi connectivity index (χ2n) is 8.97. The molecule has 0 bridgehead atoms. The summed E-state index contributed by atoms with van der Waals surface area (Å²) in [6.07, 6.45) is 3.19. The number of aryl methyl sites for hydroxylation is 1. The van der Waals surface area contributed by atoms with Crippen LogP contribution in [0.3, 0.4) is 0 Å². The highest BCUT2D eigenvalue weighted by Crippen LogP contribution is 2.40. The standard InChI is InChI=1S/C25H27FN2O4/c1-15-10-18(5-7-20(15)26)21-8-6-19(13-28(21)25(30)17-3-4-17)24(29)27-12-16-2-9-22-23(11-16)32-14-31-22/h2,5,7,9-11,17,19,21H,3-4,6,8,12-14H2,1H3,(H,27,29)/t19-,21-/m1/s1. The zero-order valence-corrected chi connectivity index (χ0v) is 18.1. The Bertz CT molecular complexity index is 1050. The van der Waals surface area contributed by atoms with Gasteiger partial charge in [0.1, 0.15) is 5.82 Å². The number of piperidine rings is 1. The van der Waals surface area contributed by atoms with Gasteiger partial charge < -0.3 is 19.7 Å². The average Bonchev–Trinajstić information content (AvgIpc) is 3.55. The average molecular weight is 438 g/mol. The fraction of sp³-hybridized carbons (Fsp3) is 0.440. The van der Waals surface area contributed by atoms with Crippen molar-refractivity contribution in [3.05, 3.63) is 58.9 Å². The number of nitrogens with one attached hydrogen (secondary N) is 1. The third kappa shape index (κ3) is 4.16. The molecule has 168 valence electrons. The lowest BCUT2D eigenvalue weighted by Gasteiger charge is -2.40. The second-order valence-corrected chi connectivity index (χ2v) is 8.97. The van der Waals surface area contributed by atoms with Crippen LogP contribution in [0.2, 0.25) is 0 Å².